The summed E-state index contributed by atoms with van der Waals surface area (Å²) in [6.07, 6.45) is 1.73. The van der Waals surface area contributed by atoms with Crippen molar-refractivity contribution in [1.82, 2.24) is 4.90 Å². The van der Waals surface area contributed by atoms with Gasteiger partial charge in [0.1, 0.15) is 5.76 Å². The predicted octanol–water partition coefficient (Wildman–Crippen LogP) is 3.52. The van der Waals surface area contributed by atoms with Gasteiger partial charge in [-0.25, -0.2) is 0 Å². The van der Waals surface area contributed by atoms with Gasteiger partial charge in [-0.1, -0.05) is 24.6 Å². The molecule has 0 bridgehead atoms. The van der Waals surface area contributed by atoms with Crippen molar-refractivity contribution in [3.8, 4) is 0 Å². The molecule has 0 amide bonds. The highest BCUT2D eigenvalue weighted by atomic mass is 16.3. The first-order valence-electron chi connectivity index (χ1n) is 6.83. The first kappa shape index (κ1) is 13.7. The molecule has 0 fully saturated rings. The Balaban J connectivity index is 1.75. The average molecular weight is 258 g/mol. The summed E-state index contributed by atoms with van der Waals surface area (Å²) in [6, 6.07) is 12.5. The minimum Gasteiger partial charge on any atom is -0.468 e. The van der Waals surface area contributed by atoms with Gasteiger partial charge in [-0.15, -0.1) is 0 Å². The lowest BCUT2D eigenvalue weighted by atomic mass is 10.2. The second-order valence-corrected chi connectivity index (χ2v) is 4.74. The molecule has 0 radical (unpaired) electrons. The summed E-state index contributed by atoms with van der Waals surface area (Å²) in [6.45, 7) is 8.12. The maximum atomic E-state index is 5.38. The summed E-state index contributed by atoms with van der Waals surface area (Å²) in [5.41, 5.74) is 2.47. The third-order valence-corrected chi connectivity index (χ3v) is 3.22. The van der Waals surface area contributed by atoms with Gasteiger partial charge >= 0.3 is 0 Å². The Morgan fingerprint density at radius 1 is 1.16 bits per heavy atom. The van der Waals surface area contributed by atoms with Crippen molar-refractivity contribution in [2.45, 2.75) is 20.4 Å². The predicted molar refractivity (Wildman–Crippen MR) is 79.3 cm³/mol. The van der Waals surface area contributed by atoms with Gasteiger partial charge in [0.25, 0.3) is 0 Å². The molecule has 2 rings (SSSR count). The number of aryl methyl sites for hydroxylation is 1. The third kappa shape index (κ3) is 4.45. The summed E-state index contributed by atoms with van der Waals surface area (Å²) in [4.78, 5) is 2.36. The first-order valence-corrected chi connectivity index (χ1v) is 6.83. The van der Waals surface area contributed by atoms with E-state index in [-0.39, 0.29) is 0 Å². The topological polar surface area (TPSA) is 28.4 Å². The Hall–Kier alpha value is -1.74. The maximum Gasteiger partial charge on any atom is 0.117 e. The summed E-state index contributed by atoms with van der Waals surface area (Å²) >= 11 is 0. The van der Waals surface area contributed by atoms with Gasteiger partial charge in [0, 0.05) is 18.8 Å². The number of furan rings is 1. The number of rotatable bonds is 7. The van der Waals surface area contributed by atoms with Crippen LogP contribution in [-0.4, -0.2) is 24.5 Å². The summed E-state index contributed by atoms with van der Waals surface area (Å²) < 4.78 is 5.38. The molecule has 3 heteroatoms. The Morgan fingerprint density at radius 2 is 1.95 bits per heavy atom. The zero-order valence-electron chi connectivity index (χ0n) is 11.7. The Kier molecular flexibility index (Phi) is 5.04. The molecule has 3 nitrogen and oxygen atoms in total. The molecule has 1 N–H and O–H groups in total. The van der Waals surface area contributed by atoms with Gasteiger partial charge in [0.2, 0.25) is 0 Å². The quantitative estimate of drug-likeness (QED) is 0.823. The van der Waals surface area contributed by atoms with Crippen molar-refractivity contribution in [2.24, 2.45) is 0 Å². The standard InChI is InChI=1S/C16H22N2O/c1-3-18(13-16-5-4-12-19-16)11-10-17-15-8-6-14(2)7-9-15/h4-9,12,17H,3,10-11,13H2,1-2H3. The van der Waals surface area contributed by atoms with Crippen LogP contribution in [-0.2, 0) is 6.54 Å². The molecule has 1 aromatic heterocycles. The number of nitrogens with one attached hydrogen (secondary N) is 1. The number of hydrogen-bond acceptors (Lipinski definition) is 3. The van der Waals surface area contributed by atoms with E-state index in [0.717, 1.165) is 31.9 Å². The number of anilines is 1. The van der Waals surface area contributed by atoms with E-state index < -0.39 is 0 Å². The van der Waals surface area contributed by atoms with Crippen LogP contribution in [0.1, 0.15) is 18.2 Å². The van der Waals surface area contributed by atoms with Crippen LogP contribution in [0, 0.1) is 6.92 Å². The van der Waals surface area contributed by atoms with Gasteiger partial charge in [-0.05, 0) is 37.7 Å². The van der Waals surface area contributed by atoms with Gasteiger partial charge in [-0.2, -0.15) is 0 Å². The largest absolute Gasteiger partial charge is 0.468 e. The van der Waals surface area contributed by atoms with E-state index in [1.165, 1.54) is 11.3 Å². The van der Waals surface area contributed by atoms with Crippen molar-refractivity contribution in [3.05, 3.63) is 54.0 Å². The Labute approximate surface area is 115 Å². The molecule has 0 aliphatic rings. The van der Waals surface area contributed by atoms with E-state index in [0.29, 0.717) is 0 Å². The van der Waals surface area contributed by atoms with Gasteiger partial charge in [-0.3, -0.25) is 4.90 Å². The zero-order chi connectivity index (χ0) is 13.5. The van der Waals surface area contributed by atoms with E-state index in [4.69, 9.17) is 4.42 Å². The number of benzene rings is 1. The second-order valence-electron chi connectivity index (χ2n) is 4.74. The molecule has 19 heavy (non-hydrogen) atoms. The first-order chi connectivity index (χ1) is 9.28. The normalized spacial score (nSPS) is 10.9. The van der Waals surface area contributed by atoms with E-state index in [1.807, 2.05) is 12.1 Å². The van der Waals surface area contributed by atoms with Crippen LogP contribution in [0.2, 0.25) is 0 Å². The number of likely N-dealkylation sites (N-methyl/N-ethyl adjacent to an activating group) is 1. The molecule has 0 atom stereocenters. The SMILES string of the molecule is CCN(CCNc1ccc(C)cc1)Cc1ccco1. The Bertz CT molecular complexity index is 462. The molecule has 0 saturated carbocycles. The van der Waals surface area contributed by atoms with E-state index in [1.54, 1.807) is 6.26 Å². The molecule has 0 spiro atoms. The monoisotopic (exact) mass is 258 g/mol. The van der Waals surface area contributed by atoms with Crippen LogP contribution in [0.25, 0.3) is 0 Å². The van der Waals surface area contributed by atoms with Crippen molar-refractivity contribution in [3.63, 3.8) is 0 Å². The third-order valence-electron chi connectivity index (χ3n) is 3.22. The molecule has 0 saturated heterocycles. The van der Waals surface area contributed by atoms with Gasteiger partial charge in [0.15, 0.2) is 0 Å². The van der Waals surface area contributed by atoms with Crippen LogP contribution < -0.4 is 5.32 Å². The minimum atomic E-state index is 0.874. The smallest absolute Gasteiger partial charge is 0.117 e. The molecule has 1 aromatic carbocycles. The van der Waals surface area contributed by atoms with Crippen LogP contribution in [0.5, 0.6) is 0 Å². The average Bonchev–Trinajstić information content (AvgIpc) is 2.93. The molecular weight excluding hydrogens is 236 g/mol. The number of nitrogens with zero attached hydrogens (tertiary/aromatic N) is 1. The lowest BCUT2D eigenvalue weighted by molar-refractivity contribution is 0.265. The molecule has 0 aliphatic heterocycles. The van der Waals surface area contributed by atoms with Crippen LogP contribution >= 0.6 is 0 Å². The zero-order valence-corrected chi connectivity index (χ0v) is 11.7. The molecule has 102 valence electrons. The summed E-state index contributed by atoms with van der Waals surface area (Å²) in [5.74, 6) is 1.03. The maximum absolute atomic E-state index is 5.38. The van der Waals surface area contributed by atoms with Crippen molar-refractivity contribution < 1.29 is 4.42 Å². The number of hydrogen-bond donors (Lipinski definition) is 1. The van der Waals surface area contributed by atoms with Crippen molar-refractivity contribution >= 4 is 5.69 Å². The fourth-order valence-corrected chi connectivity index (χ4v) is 2.00. The summed E-state index contributed by atoms with van der Waals surface area (Å²) in [7, 11) is 0. The van der Waals surface area contributed by atoms with E-state index in [2.05, 4.69) is 48.3 Å². The summed E-state index contributed by atoms with van der Waals surface area (Å²) in [5, 5.41) is 3.44. The van der Waals surface area contributed by atoms with Crippen LogP contribution in [0.3, 0.4) is 0 Å². The van der Waals surface area contributed by atoms with Crippen molar-refractivity contribution in [1.29, 1.82) is 0 Å². The van der Waals surface area contributed by atoms with E-state index in [9.17, 15) is 0 Å². The lowest BCUT2D eigenvalue weighted by Gasteiger charge is -2.19. The highest BCUT2D eigenvalue weighted by molar-refractivity contribution is 5.44. The van der Waals surface area contributed by atoms with Gasteiger partial charge < -0.3 is 9.73 Å². The molecule has 0 unspecified atom stereocenters. The molecular formula is C16H22N2O. The fourth-order valence-electron chi connectivity index (χ4n) is 2.00. The van der Waals surface area contributed by atoms with Crippen LogP contribution in [0.4, 0.5) is 5.69 Å². The van der Waals surface area contributed by atoms with E-state index >= 15 is 0 Å². The highest BCUT2D eigenvalue weighted by Gasteiger charge is 2.05. The molecule has 2 aromatic rings. The second kappa shape index (κ2) is 7.00. The lowest BCUT2D eigenvalue weighted by Crippen LogP contribution is -2.28. The Morgan fingerprint density at radius 3 is 2.58 bits per heavy atom. The fraction of sp³-hybridized carbons (Fsp3) is 0.375. The minimum absolute atomic E-state index is 0.874. The molecule has 0 aliphatic carbocycles. The highest BCUT2D eigenvalue weighted by Crippen LogP contribution is 2.09. The van der Waals surface area contributed by atoms with Crippen LogP contribution in [0.15, 0.2) is 47.1 Å². The molecule has 1 heterocycles. The van der Waals surface area contributed by atoms with Gasteiger partial charge in [0.05, 0.1) is 12.8 Å². The van der Waals surface area contributed by atoms with Crippen molar-refractivity contribution in [2.75, 3.05) is 25.0 Å².